The van der Waals surface area contributed by atoms with Crippen molar-refractivity contribution in [3.05, 3.63) is 70.2 Å². The summed E-state index contributed by atoms with van der Waals surface area (Å²) in [5.41, 5.74) is 3.70. The molecule has 0 saturated heterocycles. The normalized spacial score (nSPS) is 12.7. The van der Waals surface area contributed by atoms with Crippen LogP contribution >= 0.6 is 23.4 Å². The first-order valence-electron chi connectivity index (χ1n) is 8.47. The number of carbonyl (C=O) groups excluding carboxylic acids is 1. The molecular formula is C21H26ClNOS. The topological polar surface area (TPSA) is 29.1 Å². The highest BCUT2D eigenvalue weighted by atomic mass is 35.5. The lowest BCUT2D eigenvalue weighted by molar-refractivity contribution is -0.119. The molecule has 1 amide bonds. The van der Waals surface area contributed by atoms with Crippen LogP contribution in [0.4, 0.5) is 0 Å². The van der Waals surface area contributed by atoms with Crippen LogP contribution in [0.15, 0.2) is 48.5 Å². The molecule has 1 N–H and O–H groups in total. The monoisotopic (exact) mass is 375 g/mol. The van der Waals surface area contributed by atoms with E-state index in [9.17, 15) is 4.79 Å². The molecule has 0 aliphatic rings. The van der Waals surface area contributed by atoms with Gasteiger partial charge in [-0.05, 0) is 41.2 Å². The Hall–Kier alpha value is -1.45. The molecule has 0 heterocycles. The summed E-state index contributed by atoms with van der Waals surface area (Å²) < 4.78 is 0. The molecule has 0 aromatic heterocycles. The summed E-state index contributed by atoms with van der Waals surface area (Å²) in [6.07, 6.45) is 0. The maximum atomic E-state index is 12.2. The summed E-state index contributed by atoms with van der Waals surface area (Å²) in [7, 11) is 0. The summed E-state index contributed by atoms with van der Waals surface area (Å²) in [5.74, 6) is 1.28. The zero-order chi connectivity index (χ0) is 18.4. The van der Waals surface area contributed by atoms with Crippen LogP contribution in [0.2, 0.25) is 5.02 Å². The van der Waals surface area contributed by atoms with Crippen LogP contribution in [0.3, 0.4) is 0 Å². The lowest BCUT2D eigenvalue weighted by Gasteiger charge is -2.20. The van der Waals surface area contributed by atoms with Crippen LogP contribution in [-0.4, -0.2) is 11.7 Å². The number of hydrogen-bond acceptors (Lipinski definition) is 2. The van der Waals surface area contributed by atoms with Gasteiger partial charge in [0.15, 0.2) is 0 Å². The smallest absolute Gasteiger partial charge is 0.230 e. The number of hydrogen-bond donors (Lipinski definition) is 1. The van der Waals surface area contributed by atoms with Gasteiger partial charge in [0.25, 0.3) is 0 Å². The molecule has 2 rings (SSSR count). The van der Waals surface area contributed by atoms with E-state index in [0.29, 0.717) is 5.75 Å². The van der Waals surface area contributed by atoms with E-state index in [-0.39, 0.29) is 17.4 Å². The minimum atomic E-state index is 0.00767. The molecule has 0 aliphatic heterocycles. The van der Waals surface area contributed by atoms with Crippen molar-refractivity contribution < 1.29 is 4.79 Å². The minimum absolute atomic E-state index is 0.00767. The van der Waals surface area contributed by atoms with Gasteiger partial charge in [-0.3, -0.25) is 4.79 Å². The van der Waals surface area contributed by atoms with E-state index >= 15 is 0 Å². The lowest BCUT2D eigenvalue weighted by Crippen LogP contribution is -2.28. The third kappa shape index (κ3) is 6.41. The molecule has 0 spiro atoms. The first-order chi connectivity index (χ1) is 11.8. The highest BCUT2D eigenvalue weighted by Gasteiger charge is 2.15. The van der Waals surface area contributed by atoms with E-state index in [1.807, 2.05) is 31.2 Å². The van der Waals surface area contributed by atoms with Crippen LogP contribution < -0.4 is 5.32 Å². The number of rotatable bonds is 6. The standard InChI is InChI=1S/C21H26ClNOS/c1-15(17-8-10-18(11-9-17)21(2,3)4)23-20(24)14-25-13-16-6-5-7-19(22)12-16/h5-12,15H,13-14H2,1-4H3,(H,23,24)/t15-/m0/s1. The summed E-state index contributed by atoms with van der Waals surface area (Å²) in [4.78, 5) is 12.2. The molecular weight excluding hydrogens is 350 g/mol. The molecule has 2 nitrogen and oxygen atoms in total. The van der Waals surface area contributed by atoms with Crippen molar-refractivity contribution in [3.8, 4) is 0 Å². The summed E-state index contributed by atoms with van der Waals surface area (Å²) in [6.45, 7) is 8.62. The number of carbonyl (C=O) groups is 1. The lowest BCUT2D eigenvalue weighted by atomic mass is 9.86. The van der Waals surface area contributed by atoms with E-state index in [0.717, 1.165) is 21.9 Å². The molecule has 0 aliphatic carbocycles. The average Bonchev–Trinajstić information content (AvgIpc) is 2.54. The minimum Gasteiger partial charge on any atom is -0.349 e. The molecule has 0 unspecified atom stereocenters. The molecule has 0 fully saturated rings. The molecule has 4 heteroatoms. The molecule has 134 valence electrons. The Labute approximate surface area is 160 Å². The van der Waals surface area contributed by atoms with Crippen molar-refractivity contribution in [2.24, 2.45) is 0 Å². The zero-order valence-electron chi connectivity index (χ0n) is 15.3. The number of nitrogens with one attached hydrogen (secondary N) is 1. The van der Waals surface area contributed by atoms with Gasteiger partial charge >= 0.3 is 0 Å². The molecule has 0 bridgehead atoms. The van der Waals surface area contributed by atoms with Crippen molar-refractivity contribution in [1.82, 2.24) is 5.32 Å². The Bertz CT molecular complexity index is 707. The van der Waals surface area contributed by atoms with Crippen molar-refractivity contribution in [2.45, 2.75) is 44.9 Å². The molecule has 25 heavy (non-hydrogen) atoms. The number of thioether (sulfide) groups is 1. The second kappa shape index (κ2) is 8.77. The Morgan fingerprint density at radius 2 is 1.84 bits per heavy atom. The zero-order valence-corrected chi connectivity index (χ0v) is 16.9. The second-order valence-electron chi connectivity index (χ2n) is 7.28. The van der Waals surface area contributed by atoms with Gasteiger partial charge in [0.2, 0.25) is 5.91 Å². The van der Waals surface area contributed by atoms with Gasteiger partial charge in [-0.2, -0.15) is 0 Å². The van der Waals surface area contributed by atoms with Gasteiger partial charge in [-0.15, -0.1) is 11.8 Å². The quantitative estimate of drug-likeness (QED) is 0.696. The van der Waals surface area contributed by atoms with Gasteiger partial charge in [-0.25, -0.2) is 0 Å². The Morgan fingerprint density at radius 1 is 1.16 bits per heavy atom. The van der Waals surface area contributed by atoms with Gasteiger partial charge in [0.05, 0.1) is 11.8 Å². The average molecular weight is 376 g/mol. The molecule has 2 aromatic rings. The summed E-state index contributed by atoms with van der Waals surface area (Å²) in [6, 6.07) is 16.2. The fraction of sp³-hybridized carbons (Fsp3) is 0.381. The Morgan fingerprint density at radius 3 is 2.44 bits per heavy atom. The highest BCUT2D eigenvalue weighted by Crippen LogP contribution is 2.24. The Kier molecular flexibility index (Phi) is 6.97. The van der Waals surface area contributed by atoms with Crippen molar-refractivity contribution in [3.63, 3.8) is 0 Å². The Balaban J connectivity index is 1.81. The molecule has 0 saturated carbocycles. The van der Waals surface area contributed by atoms with Gasteiger partial charge < -0.3 is 5.32 Å². The summed E-state index contributed by atoms with van der Waals surface area (Å²) in [5, 5.41) is 3.80. The first kappa shape index (κ1) is 19.9. The SMILES string of the molecule is C[C@H](NC(=O)CSCc1cccc(Cl)c1)c1ccc(C(C)(C)C)cc1. The van der Waals surface area contributed by atoms with Crippen LogP contribution in [0.25, 0.3) is 0 Å². The fourth-order valence-corrected chi connectivity index (χ4v) is 3.53. The van der Waals surface area contributed by atoms with Gasteiger partial charge in [-0.1, -0.05) is 68.8 Å². The molecule has 0 radical (unpaired) electrons. The van der Waals surface area contributed by atoms with Crippen LogP contribution in [-0.2, 0) is 16.0 Å². The molecule has 1 atom stereocenters. The number of halogens is 1. The van der Waals surface area contributed by atoms with Gasteiger partial charge in [0, 0.05) is 10.8 Å². The highest BCUT2D eigenvalue weighted by molar-refractivity contribution is 7.99. The van der Waals surface area contributed by atoms with Crippen LogP contribution in [0.1, 0.15) is 50.4 Å². The third-order valence-corrected chi connectivity index (χ3v) is 5.28. The van der Waals surface area contributed by atoms with E-state index in [2.05, 4.69) is 50.4 Å². The number of benzene rings is 2. The van der Waals surface area contributed by atoms with Gasteiger partial charge in [0.1, 0.15) is 0 Å². The maximum Gasteiger partial charge on any atom is 0.230 e. The van der Waals surface area contributed by atoms with Crippen molar-refractivity contribution in [2.75, 3.05) is 5.75 Å². The predicted octanol–water partition coefficient (Wildman–Crippen LogP) is 5.75. The van der Waals surface area contributed by atoms with Crippen LogP contribution in [0.5, 0.6) is 0 Å². The van der Waals surface area contributed by atoms with E-state index in [4.69, 9.17) is 11.6 Å². The van der Waals surface area contributed by atoms with Crippen molar-refractivity contribution >= 4 is 29.3 Å². The van der Waals surface area contributed by atoms with Crippen molar-refractivity contribution in [1.29, 1.82) is 0 Å². The fourth-order valence-electron chi connectivity index (χ4n) is 2.53. The predicted molar refractivity (Wildman–Crippen MR) is 109 cm³/mol. The van der Waals surface area contributed by atoms with E-state index in [1.54, 1.807) is 11.8 Å². The number of amides is 1. The summed E-state index contributed by atoms with van der Waals surface area (Å²) >= 11 is 7.57. The molecule has 2 aromatic carbocycles. The van der Waals surface area contributed by atoms with Crippen LogP contribution in [0, 0.1) is 0 Å². The van der Waals surface area contributed by atoms with E-state index in [1.165, 1.54) is 5.56 Å². The maximum absolute atomic E-state index is 12.2. The second-order valence-corrected chi connectivity index (χ2v) is 8.71. The third-order valence-electron chi connectivity index (χ3n) is 4.05. The van der Waals surface area contributed by atoms with E-state index < -0.39 is 0 Å². The first-order valence-corrected chi connectivity index (χ1v) is 10.0. The largest absolute Gasteiger partial charge is 0.349 e.